The summed E-state index contributed by atoms with van der Waals surface area (Å²) in [5.41, 5.74) is 1.72. The number of nitrogens with zero attached hydrogens (tertiary/aromatic N) is 6. The molecule has 2 aromatic heterocycles. The molecule has 7 nitrogen and oxygen atoms in total. The molecule has 3 aromatic rings. The van der Waals surface area contributed by atoms with E-state index >= 15 is 0 Å². The molecule has 1 aliphatic rings. The molecule has 31 heavy (non-hydrogen) atoms. The van der Waals surface area contributed by atoms with Gasteiger partial charge in [0.25, 0.3) is 0 Å². The third-order valence-corrected chi connectivity index (χ3v) is 7.18. The van der Waals surface area contributed by atoms with Crippen LogP contribution in [0.5, 0.6) is 0 Å². The van der Waals surface area contributed by atoms with Gasteiger partial charge in [-0.3, -0.25) is 19.2 Å². The third-order valence-electron chi connectivity index (χ3n) is 5.25. The second kappa shape index (κ2) is 9.88. The van der Waals surface area contributed by atoms with Gasteiger partial charge in [-0.2, -0.15) is 0 Å². The molecule has 1 fully saturated rings. The highest BCUT2D eigenvalue weighted by Crippen LogP contribution is 2.28. The minimum Gasteiger partial charge on any atom is -0.296 e. The topological polar surface area (TPSA) is 67.2 Å². The predicted molar refractivity (Wildman–Crippen MR) is 121 cm³/mol. The minimum atomic E-state index is -0.270. The van der Waals surface area contributed by atoms with Crippen LogP contribution in [0.15, 0.2) is 34.8 Å². The lowest BCUT2D eigenvalue weighted by Crippen LogP contribution is -2.30. The number of rotatable bonds is 7. The Morgan fingerprint density at radius 3 is 2.65 bits per heavy atom. The van der Waals surface area contributed by atoms with Crippen molar-refractivity contribution in [1.29, 1.82) is 0 Å². The number of carbonyl (C=O) groups is 1. The first-order valence-corrected chi connectivity index (χ1v) is 12.1. The number of halogens is 1. The molecule has 0 aliphatic carbocycles. The summed E-state index contributed by atoms with van der Waals surface area (Å²) in [6.45, 7) is 4.36. The Balaban J connectivity index is 1.55. The zero-order valence-electron chi connectivity index (χ0n) is 17.6. The number of likely N-dealkylation sites (tertiary alicyclic amines) is 1. The van der Waals surface area contributed by atoms with Crippen LogP contribution in [0, 0.1) is 5.82 Å². The van der Waals surface area contributed by atoms with Crippen LogP contribution in [0.3, 0.4) is 0 Å². The van der Waals surface area contributed by atoms with Gasteiger partial charge in [0.1, 0.15) is 5.82 Å². The molecule has 0 radical (unpaired) electrons. The van der Waals surface area contributed by atoms with Gasteiger partial charge in [-0.1, -0.05) is 18.2 Å². The van der Waals surface area contributed by atoms with E-state index < -0.39 is 0 Å². The Bertz CT molecular complexity index is 1030. The van der Waals surface area contributed by atoms with Crippen molar-refractivity contribution in [1.82, 2.24) is 24.6 Å². The number of carbonyl (C=O) groups excluding carboxylic acids is 1. The SMILES string of the molecule is CC(=O)N(C)c1nc(CSc2nnc(CN3CCCCC3)n2-c2ccc(F)cc2)cs1. The van der Waals surface area contributed by atoms with E-state index in [0.29, 0.717) is 10.9 Å². The van der Waals surface area contributed by atoms with Crippen LogP contribution in [0.4, 0.5) is 9.52 Å². The summed E-state index contributed by atoms with van der Waals surface area (Å²) in [7, 11) is 1.72. The van der Waals surface area contributed by atoms with Crippen LogP contribution in [0.25, 0.3) is 5.69 Å². The van der Waals surface area contributed by atoms with Crippen molar-refractivity contribution in [2.24, 2.45) is 0 Å². The Hall–Kier alpha value is -2.30. The Labute approximate surface area is 189 Å². The summed E-state index contributed by atoms with van der Waals surface area (Å²) in [6.07, 6.45) is 3.68. The van der Waals surface area contributed by atoms with Gasteiger partial charge in [0, 0.05) is 30.8 Å². The monoisotopic (exact) mass is 460 g/mol. The lowest BCUT2D eigenvalue weighted by Gasteiger charge is -2.26. The standard InChI is InChI=1S/C21H25FN6OS2/c1-15(29)26(2)20-23-17(13-30-20)14-31-21-25-24-19(12-27-10-4-3-5-11-27)28(21)18-8-6-16(22)7-9-18/h6-9,13H,3-5,10-12,14H2,1-2H3. The normalized spacial score (nSPS) is 14.7. The quantitative estimate of drug-likeness (QED) is 0.494. The van der Waals surface area contributed by atoms with Crippen LogP contribution < -0.4 is 4.90 Å². The Kier molecular flexibility index (Phi) is 6.99. The number of thioether (sulfide) groups is 1. The van der Waals surface area contributed by atoms with Gasteiger partial charge in [-0.15, -0.1) is 21.5 Å². The molecule has 0 atom stereocenters. The molecule has 0 bridgehead atoms. The lowest BCUT2D eigenvalue weighted by atomic mass is 10.1. The van der Waals surface area contributed by atoms with Gasteiger partial charge in [0.15, 0.2) is 16.1 Å². The van der Waals surface area contributed by atoms with Gasteiger partial charge in [-0.25, -0.2) is 9.37 Å². The van der Waals surface area contributed by atoms with Crippen molar-refractivity contribution in [3.05, 3.63) is 47.0 Å². The third kappa shape index (κ3) is 5.31. The van der Waals surface area contributed by atoms with E-state index in [9.17, 15) is 9.18 Å². The summed E-state index contributed by atoms with van der Waals surface area (Å²) in [5.74, 6) is 1.14. The van der Waals surface area contributed by atoms with Crippen LogP contribution in [-0.4, -0.2) is 50.7 Å². The number of amides is 1. The van der Waals surface area contributed by atoms with Gasteiger partial charge >= 0.3 is 0 Å². The number of benzene rings is 1. The number of piperidine rings is 1. The van der Waals surface area contributed by atoms with Crippen LogP contribution in [0.2, 0.25) is 0 Å². The molecule has 0 saturated carbocycles. The van der Waals surface area contributed by atoms with Crippen LogP contribution >= 0.6 is 23.1 Å². The first-order valence-electron chi connectivity index (χ1n) is 10.3. The van der Waals surface area contributed by atoms with Gasteiger partial charge in [0.2, 0.25) is 5.91 Å². The Morgan fingerprint density at radius 1 is 1.19 bits per heavy atom. The van der Waals surface area contributed by atoms with E-state index in [0.717, 1.165) is 42.0 Å². The fourth-order valence-electron chi connectivity index (χ4n) is 3.45. The second-order valence-electron chi connectivity index (χ2n) is 7.54. The van der Waals surface area contributed by atoms with E-state index in [1.54, 1.807) is 19.2 Å². The number of anilines is 1. The molecule has 1 saturated heterocycles. The maximum atomic E-state index is 13.5. The molecule has 10 heteroatoms. The highest BCUT2D eigenvalue weighted by atomic mass is 32.2. The molecule has 4 rings (SSSR count). The van der Waals surface area contributed by atoms with E-state index in [-0.39, 0.29) is 11.7 Å². The van der Waals surface area contributed by atoms with Gasteiger partial charge < -0.3 is 0 Å². The first kappa shape index (κ1) is 21.9. The summed E-state index contributed by atoms with van der Waals surface area (Å²) in [6, 6.07) is 6.42. The van der Waals surface area contributed by atoms with Crippen LogP contribution in [0.1, 0.15) is 37.7 Å². The van der Waals surface area contributed by atoms with Crippen molar-refractivity contribution in [2.75, 3.05) is 25.0 Å². The highest BCUT2D eigenvalue weighted by Gasteiger charge is 2.19. The van der Waals surface area contributed by atoms with Crippen molar-refractivity contribution in [3.8, 4) is 5.69 Å². The zero-order valence-corrected chi connectivity index (χ0v) is 19.3. The van der Waals surface area contributed by atoms with Crippen LogP contribution in [-0.2, 0) is 17.1 Å². The first-order chi connectivity index (χ1) is 15.0. The highest BCUT2D eigenvalue weighted by molar-refractivity contribution is 7.98. The molecule has 0 N–H and O–H groups in total. The van der Waals surface area contributed by atoms with Gasteiger partial charge in [-0.05, 0) is 50.2 Å². The molecule has 3 heterocycles. The fourth-order valence-corrected chi connectivity index (χ4v) is 5.26. The molecule has 1 aromatic carbocycles. The second-order valence-corrected chi connectivity index (χ2v) is 9.31. The number of thiazole rings is 1. The van der Waals surface area contributed by atoms with E-state index in [1.165, 1.54) is 66.3 Å². The molecule has 0 spiro atoms. The maximum absolute atomic E-state index is 13.5. The molecular formula is C21H25FN6OS2. The number of hydrogen-bond donors (Lipinski definition) is 0. The average molecular weight is 461 g/mol. The molecule has 164 valence electrons. The Morgan fingerprint density at radius 2 is 1.94 bits per heavy atom. The molecule has 1 amide bonds. The lowest BCUT2D eigenvalue weighted by molar-refractivity contribution is -0.116. The molecular weight excluding hydrogens is 435 g/mol. The largest absolute Gasteiger partial charge is 0.296 e. The summed E-state index contributed by atoms with van der Waals surface area (Å²) >= 11 is 2.97. The maximum Gasteiger partial charge on any atom is 0.225 e. The van der Waals surface area contributed by atoms with E-state index in [4.69, 9.17) is 0 Å². The number of aromatic nitrogens is 4. The van der Waals surface area contributed by atoms with E-state index in [2.05, 4.69) is 20.1 Å². The zero-order chi connectivity index (χ0) is 21.8. The van der Waals surface area contributed by atoms with Crippen molar-refractivity contribution in [2.45, 2.75) is 43.6 Å². The van der Waals surface area contributed by atoms with Gasteiger partial charge in [0.05, 0.1) is 12.2 Å². The summed E-state index contributed by atoms with van der Waals surface area (Å²) in [4.78, 5) is 20.0. The average Bonchev–Trinajstić information content (AvgIpc) is 3.40. The number of hydrogen-bond acceptors (Lipinski definition) is 7. The van der Waals surface area contributed by atoms with Crippen molar-refractivity contribution in [3.63, 3.8) is 0 Å². The summed E-state index contributed by atoms with van der Waals surface area (Å²) in [5, 5.41) is 12.3. The molecule has 1 aliphatic heterocycles. The smallest absolute Gasteiger partial charge is 0.225 e. The molecule has 0 unspecified atom stereocenters. The van der Waals surface area contributed by atoms with E-state index in [1.807, 2.05) is 9.95 Å². The minimum absolute atomic E-state index is 0.0491. The summed E-state index contributed by atoms with van der Waals surface area (Å²) < 4.78 is 15.5. The predicted octanol–water partition coefficient (Wildman–Crippen LogP) is 4.12. The van der Waals surface area contributed by atoms with Crippen molar-refractivity contribution < 1.29 is 9.18 Å². The fraction of sp³-hybridized carbons (Fsp3) is 0.429. The van der Waals surface area contributed by atoms with Crippen molar-refractivity contribution >= 4 is 34.1 Å².